The fraction of sp³-hybridized carbons (Fsp3) is 0.0800. The Morgan fingerprint density at radius 3 is 2.68 bits per heavy atom. The molecule has 5 nitrogen and oxygen atoms in total. The smallest absolute Gasteiger partial charge is 0.270 e. The van der Waals surface area contributed by atoms with Crippen LogP contribution in [0.25, 0.3) is 6.08 Å². The maximum atomic E-state index is 13.0. The molecule has 3 aromatic carbocycles. The van der Waals surface area contributed by atoms with Crippen molar-refractivity contribution in [3.05, 3.63) is 92.3 Å². The molecule has 0 saturated carbocycles. The van der Waals surface area contributed by atoms with Gasteiger partial charge in [0.1, 0.15) is 6.61 Å². The zero-order valence-corrected chi connectivity index (χ0v) is 20.9. The van der Waals surface area contributed by atoms with Crippen molar-refractivity contribution in [2.45, 2.75) is 6.61 Å². The third kappa shape index (κ3) is 5.06. The quantitative estimate of drug-likeness (QED) is 0.258. The molecular weight excluding hydrogens is 511 g/mol. The number of anilines is 1. The Labute approximate surface area is 216 Å². The topological polar surface area (TPSA) is 62.6 Å². The van der Waals surface area contributed by atoms with Crippen LogP contribution in [0.1, 0.15) is 16.7 Å². The van der Waals surface area contributed by atoms with E-state index in [0.29, 0.717) is 47.6 Å². The van der Waals surface area contributed by atoms with E-state index in [0.717, 1.165) is 5.56 Å². The number of amides is 1. The molecule has 0 radical (unpaired) electrons. The van der Waals surface area contributed by atoms with Gasteiger partial charge in [-0.1, -0.05) is 71.4 Å². The summed E-state index contributed by atoms with van der Waals surface area (Å²) >= 11 is 19.2. The van der Waals surface area contributed by atoms with Crippen LogP contribution < -0.4 is 14.4 Å². The maximum Gasteiger partial charge on any atom is 0.270 e. The molecule has 0 N–H and O–H groups in total. The molecule has 9 heteroatoms. The molecule has 0 unspecified atom stereocenters. The minimum Gasteiger partial charge on any atom is -0.493 e. The third-order valence-corrected chi connectivity index (χ3v) is 6.74. The standard InChI is InChI=1S/C25H16Cl2N2O3S2/c1-31-21-10-15(9-20(27)23(21)32-14-17-6-3-2-5-16(17)13-28)11-22-24(30)29(25(33)34-22)19-8-4-7-18(26)12-19/h2-12H,14H2,1H3/b22-11+. The van der Waals surface area contributed by atoms with Crippen LogP contribution in [0.15, 0.2) is 65.6 Å². The van der Waals surface area contributed by atoms with Crippen molar-refractivity contribution in [1.29, 1.82) is 5.26 Å². The summed E-state index contributed by atoms with van der Waals surface area (Å²) in [6.45, 7) is 0.150. The summed E-state index contributed by atoms with van der Waals surface area (Å²) < 4.78 is 11.8. The minimum absolute atomic E-state index is 0.150. The van der Waals surface area contributed by atoms with Crippen LogP contribution in [-0.2, 0) is 11.4 Å². The Bertz CT molecular complexity index is 1370. The normalized spacial score (nSPS) is 14.4. The Kier molecular flexibility index (Phi) is 7.44. The molecule has 0 atom stereocenters. The number of thiocarbonyl (C=S) groups is 1. The summed E-state index contributed by atoms with van der Waals surface area (Å²) in [6, 6.07) is 19.7. The van der Waals surface area contributed by atoms with Crippen molar-refractivity contribution in [2.75, 3.05) is 12.0 Å². The van der Waals surface area contributed by atoms with E-state index in [1.54, 1.807) is 54.6 Å². The van der Waals surface area contributed by atoms with Crippen molar-refractivity contribution < 1.29 is 14.3 Å². The van der Waals surface area contributed by atoms with Gasteiger partial charge in [-0.25, -0.2) is 0 Å². The lowest BCUT2D eigenvalue weighted by atomic mass is 10.1. The van der Waals surface area contributed by atoms with Gasteiger partial charge in [0.2, 0.25) is 0 Å². The van der Waals surface area contributed by atoms with Gasteiger partial charge in [0.15, 0.2) is 15.8 Å². The highest BCUT2D eigenvalue weighted by molar-refractivity contribution is 8.27. The number of carbonyl (C=O) groups excluding carboxylic acids is 1. The molecule has 0 aliphatic carbocycles. The fourth-order valence-corrected chi connectivity index (χ4v) is 5.08. The molecular formula is C25H16Cl2N2O3S2. The van der Waals surface area contributed by atoms with Gasteiger partial charge in [-0.2, -0.15) is 5.26 Å². The van der Waals surface area contributed by atoms with Crippen molar-refractivity contribution >= 4 is 69.2 Å². The molecule has 4 rings (SSSR count). The third-order valence-electron chi connectivity index (χ3n) is 4.92. The van der Waals surface area contributed by atoms with Crippen LogP contribution in [0.5, 0.6) is 11.5 Å². The number of nitrogens with zero attached hydrogens (tertiary/aromatic N) is 2. The largest absolute Gasteiger partial charge is 0.493 e. The molecule has 34 heavy (non-hydrogen) atoms. The van der Waals surface area contributed by atoms with Crippen LogP contribution in [0.2, 0.25) is 10.0 Å². The summed E-state index contributed by atoms with van der Waals surface area (Å²) in [7, 11) is 1.50. The van der Waals surface area contributed by atoms with E-state index in [1.807, 2.05) is 12.1 Å². The summed E-state index contributed by atoms with van der Waals surface area (Å²) in [5, 5.41) is 10.1. The number of methoxy groups -OCH3 is 1. The molecule has 0 bridgehead atoms. The molecule has 0 spiro atoms. The highest BCUT2D eigenvalue weighted by Gasteiger charge is 2.33. The van der Waals surface area contributed by atoms with Crippen LogP contribution in [-0.4, -0.2) is 17.3 Å². The highest BCUT2D eigenvalue weighted by Crippen LogP contribution is 2.40. The lowest BCUT2D eigenvalue weighted by Gasteiger charge is -2.15. The first-order valence-electron chi connectivity index (χ1n) is 9.93. The van der Waals surface area contributed by atoms with E-state index in [9.17, 15) is 10.1 Å². The number of benzene rings is 3. The van der Waals surface area contributed by atoms with Crippen molar-refractivity contribution in [3.63, 3.8) is 0 Å². The molecule has 1 amide bonds. The monoisotopic (exact) mass is 526 g/mol. The lowest BCUT2D eigenvalue weighted by Crippen LogP contribution is -2.27. The Morgan fingerprint density at radius 2 is 1.94 bits per heavy atom. The van der Waals surface area contributed by atoms with E-state index in [1.165, 1.54) is 23.8 Å². The second-order valence-corrected chi connectivity index (χ2v) is 9.61. The SMILES string of the molecule is COc1cc(/C=C2/SC(=S)N(c3cccc(Cl)c3)C2=O)cc(Cl)c1OCc1ccccc1C#N. The Morgan fingerprint density at radius 1 is 1.15 bits per heavy atom. The van der Waals surface area contributed by atoms with E-state index < -0.39 is 0 Å². The van der Waals surface area contributed by atoms with Gasteiger partial charge in [-0.15, -0.1) is 0 Å². The zero-order valence-electron chi connectivity index (χ0n) is 17.7. The van der Waals surface area contributed by atoms with E-state index in [4.69, 9.17) is 44.9 Å². The number of nitriles is 1. The minimum atomic E-state index is -0.249. The number of rotatable bonds is 6. The first kappa shape index (κ1) is 24.1. The maximum absolute atomic E-state index is 13.0. The van der Waals surface area contributed by atoms with Gasteiger partial charge in [0.05, 0.1) is 34.4 Å². The summed E-state index contributed by atoms with van der Waals surface area (Å²) in [6.07, 6.45) is 1.70. The fourth-order valence-electron chi connectivity index (χ4n) is 3.33. The average molecular weight is 527 g/mol. The number of ether oxygens (including phenoxy) is 2. The summed E-state index contributed by atoms with van der Waals surface area (Å²) in [5.41, 5.74) is 2.52. The number of halogens is 2. The predicted octanol–water partition coefficient (Wildman–Crippen LogP) is 6.86. The second-order valence-electron chi connectivity index (χ2n) is 7.09. The van der Waals surface area contributed by atoms with Gasteiger partial charge in [-0.05, 0) is 48.0 Å². The first-order valence-corrected chi connectivity index (χ1v) is 11.9. The van der Waals surface area contributed by atoms with Gasteiger partial charge < -0.3 is 9.47 Å². The highest BCUT2D eigenvalue weighted by atomic mass is 35.5. The summed E-state index contributed by atoms with van der Waals surface area (Å²) in [5.74, 6) is 0.500. The van der Waals surface area contributed by atoms with Gasteiger partial charge in [0.25, 0.3) is 5.91 Å². The van der Waals surface area contributed by atoms with E-state index >= 15 is 0 Å². The molecule has 1 fully saturated rings. The summed E-state index contributed by atoms with van der Waals surface area (Å²) in [4.78, 5) is 14.9. The molecule has 170 valence electrons. The number of carbonyl (C=O) groups is 1. The van der Waals surface area contributed by atoms with Crippen molar-refractivity contribution in [1.82, 2.24) is 0 Å². The zero-order chi connectivity index (χ0) is 24.2. The second kappa shape index (κ2) is 10.5. The Hall–Kier alpha value is -3.02. The van der Waals surface area contributed by atoms with Gasteiger partial charge >= 0.3 is 0 Å². The number of thioether (sulfide) groups is 1. The molecule has 0 aromatic heterocycles. The van der Waals surface area contributed by atoms with Crippen LogP contribution in [0.3, 0.4) is 0 Å². The number of hydrogen-bond acceptors (Lipinski definition) is 6. The van der Waals surface area contributed by atoms with Crippen LogP contribution >= 0.6 is 47.2 Å². The average Bonchev–Trinajstić information content (AvgIpc) is 3.10. The first-order chi connectivity index (χ1) is 16.4. The number of hydrogen-bond donors (Lipinski definition) is 0. The van der Waals surface area contributed by atoms with Crippen molar-refractivity contribution in [2.24, 2.45) is 0 Å². The van der Waals surface area contributed by atoms with Crippen LogP contribution in [0.4, 0.5) is 5.69 Å². The Balaban J connectivity index is 1.60. The van der Waals surface area contributed by atoms with Crippen LogP contribution in [0, 0.1) is 11.3 Å². The molecule has 1 aliphatic heterocycles. The molecule has 1 aliphatic rings. The predicted molar refractivity (Wildman–Crippen MR) is 141 cm³/mol. The van der Waals surface area contributed by atoms with Gasteiger partial charge in [-0.3, -0.25) is 9.69 Å². The lowest BCUT2D eigenvalue weighted by molar-refractivity contribution is -0.113. The molecule has 3 aromatic rings. The van der Waals surface area contributed by atoms with E-state index in [2.05, 4.69) is 6.07 Å². The molecule has 1 saturated heterocycles. The van der Waals surface area contributed by atoms with Gasteiger partial charge in [0, 0.05) is 10.6 Å². The van der Waals surface area contributed by atoms with Crippen molar-refractivity contribution in [3.8, 4) is 17.6 Å². The van der Waals surface area contributed by atoms with E-state index in [-0.39, 0.29) is 12.5 Å². The molecule has 1 heterocycles.